The van der Waals surface area contributed by atoms with Crippen molar-refractivity contribution in [3.05, 3.63) is 0 Å². The Labute approximate surface area is 111 Å². The van der Waals surface area contributed by atoms with E-state index in [4.69, 9.17) is 5.11 Å². The molecule has 2 atom stereocenters. The molecule has 0 aliphatic rings. The van der Waals surface area contributed by atoms with Gasteiger partial charge in [-0.15, -0.1) is 0 Å². The van der Waals surface area contributed by atoms with Gasteiger partial charge < -0.3 is 15.7 Å². The lowest BCUT2D eigenvalue weighted by molar-refractivity contribution is -0.143. The highest BCUT2D eigenvalue weighted by Crippen LogP contribution is 2.05. The zero-order valence-corrected chi connectivity index (χ0v) is 11.6. The summed E-state index contributed by atoms with van der Waals surface area (Å²) in [6.07, 6.45) is 2.82. The van der Waals surface area contributed by atoms with Crippen LogP contribution in [-0.4, -0.2) is 47.5 Å². The predicted octanol–water partition coefficient (Wildman–Crippen LogP) is 0.0795. The Hall–Kier alpha value is -1.24. The Kier molecular flexibility index (Phi) is 8.19. The number of carbonyl (C=O) groups is 3. The average Bonchev–Trinajstić information content (AvgIpc) is 2.30. The van der Waals surface area contributed by atoms with Crippen molar-refractivity contribution in [2.24, 2.45) is 5.92 Å². The zero-order chi connectivity index (χ0) is 14.1. The van der Waals surface area contributed by atoms with Crippen LogP contribution < -0.4 is 10.6 Å². The molecular formula is C11H20N2O4S. The lowest BCUT2D eigenvalue weighted by Crippen LogP contribution is -2.52. The van der Waals surface area contributed by atoms with Crippen molar-refractivity contribution in [2.75, 3.05) is 12.0 Å². The minimum Gasteiger partial charge on any atom is -0.480 e. The summed E-state index contributed by atoms with van der Waals surface area (Å²) in [6, 6.07) is -1.63. The van der Waals surface area contributed by atoms with Crippen LogP contribution in [0.15, 0.2) is 0 Å². The molecule has 0 aromatic heterocycles. The monoisotopic (exact) mass is 276 g/mol. The van der Waals surface area contributed by atoms with Crippen LogP contribution >= 0.6 is 11.8 Å². The first-order valence-corrected chi connectivity index (χ1v) is 7.05. The molecule has 2 unspecified atom stereocenters. The topological polar surface area (TPSA) is 95.5 Å². The Morgan fingerprint density at radius 3 is 2.39 bits per heavy atom. The van der Waals surface area contributed by atoms with E-state index in [1.165, 1.54) is 0 Å². The number of carboxylic acid groups (broad SMARTS) is 1. The lowest BCUT2D eigenvalue weighted by Gasteiger charge is -2.21. The molecule has 18 heavy (non-hydrogen) atoms. The van der Waals surface area contributed by atoms with E-state index in [0.29, 0.717) is 18.6 Å². The highest BCUT2D eigenvalue weighted by molar-refractivity contribution is 7.98. The summed E-state index contributed by atoms with van der Waals surface area (Å²) in [5.41, 5.74) is 0. The molecule has 104 valence electrons. The summed E-state index contributed by atoms with van der Waals surface area (Å²) >= 11 is 1.55. The zero-order valence-electron chi connectivity index (χ0n) is 10.8. The van der Waals surface area contributed by atoms with Gasteiger partial charge >= 0.3 is 5.97 Å². The van der Waals surface area contributed by atoms with E-state index in [1.807, 2.05) is 6.26 Å². The number of carbonyl (C=O) groups excluding carboxylic acids is 2. The molecule has 0 aromatic carbocycles. The van der Waals surface area contributed by atoms with Gasteiger partial charge in [-0.25, -0.2) is 4.79 Å². The van der Waals surface area contributed by atoms with Crippen LogP contribution in [0.2, 0.25) is 0 Å². The average molecular weight is 276 g/mol. The van der Waals surface area contributed by atoms with Crippen molar-refractivity contribution >= 4 is 30.0 Å². The van der Waals surface area contributed by atoms with Gasteiger partial charge in [0.25, 0.3) is 0 Å². The highest BCUT2D eigenvalue weighted by Gasteiger charge is 2.26. The molecule has 6 nitrogen and oxygen atoms in total. The highest BCUT2D eigenvalue weighted by atomic mass is 32.2. The van der Waals surface area contributed by atoms with Crippen LogP contribution in [0, 0.1) is 5.92 Å². The molecule has 0 aliphatic heterocycles. The molecular weight excluding hydrogens is 256 g/mol. The van der Waals surface area contributed by atoms with Crippen LogP contribution in [0.25, 0.3) is 0 Å². The molecule has 2 amide bonds. The molecule has 3 N–H and O–H groups in total. The molecule has 0 bridgehead atoms. The van der Waals surface area contributed by atoms with Gasteiger partial charge in [0.1, 0.15) is 12.1 Å². The summed E-state index contributed by atoms with van der Waals surface area (Å²) in [5.74, 6) is -1.05. The van der Waals surface area contributed by atoms with Crippen molar-refractivity contribution in [3.8, 4) is 0 Å². The fraction of sp³-hybridized carbons (Fsp3) is 0.727. The number of thioether (sulfide) groups is 1. The van der Waals surface area contributed by atoms with E-state index in [1.54, 1.807) is 25.6 Å². The molecule has 0 aromatic rings. The Morgan fingerprint density at radius 2 is 2.00 bits per heavy atom. The number of amides is 2. The molecule has 0 rings (SSSR count). The van der Waals surface area contributed by atoms with E-state index in [2.05, 4.69) is 10.6 Å². The second-order valence-electron chi connectivity index (χ2n) is 4.19. The molecule has 0 fully saturated rings. The quantitative estimate of drug-likeness (QED) is 0.518. The lowest BCUT2D eigenvalue weighted by atomic mass is 10.0. The van der Waals surface area contributed by atoms with Gasteiger partial charge in [-0.3, -0.25) is 9.59 Å². The molecule has 0 saturated heterocycles. The number of aliphatic carboxylic acids is 1. The summed E-state index contributed by atoms with van der Waals surface area (Å²) in [7, 11) is 0. The Morgan fingerprint density at radius 1 is 1.39 bits per heavy atom. The summed E-state index contributed by atoms with van der Waals surface area (Å²) in [5, 5.41) is 13.8. The smallest absolute Gasteiger partial charge is 0.326 e. The van der Waals surface area contributed by atoms with Crippen molar-refractivity contribution in [3.63, 3.8) is 0 Å². The number of hydrogen-bond donors (Lipinski definition) is 3. The Bertz CT molecular complexity index is 297. The first kappa shape index (κ1) is 16.8. The van der Waals surface area contributed by atoms with Gasteiger partial charge in [-0.2, -0.15) is 11.8 Å². The molecule has 7 heteroatoms. The van der Waals surface area contributed by atoms with E-state index in [0.717, 1.165) is 0 Å². The van der Waals surface area contributed by atoms with Gasteiger partial charge in [-0.1, -0.05) is 13.8 Å². The maximum Gasteiger partial charge on any atom is 0.326 e. The molecule has 0 aliphatic carbocycles. The summed E-state index contributed by atoms with van der Waals surface area (Å²) < 4.78 is 0. The molecule has 0 heterocycles. The summed E-state index contributed by atoms with van der Waals surface area (Å²) in [4.78, 5) is 33.2. The van der Waals surface area contributed by atoms with Crippen LogP contribution in [0.1, 0.15) is 20.3 Å². The van der Waals surface area contributed by atoms with E-state index < -0.39 is 24.0 Å². The second-order valence-corrected chi connectivity index (χ2v) is 5.17. The van der Waals surface area contributed by atoms with Crippen LogP contribution in [0.4, 0.5) is 0 Å². The van der Waals surface area contributed by atoms with E-state index >= 15 is 0 Å². The number of nitrogens with one attached hydrogen (secondary N) is 2. The van der Waals surface area contributed by atoms with Crippen molar-refractivity contribution in [1.82, 2.24) is 10.6 Å². The van der Waals surface area contributed by atoms with Crippen molar-refractivity contribution in [1.29, 1.82) is 0 Å². The number of hydrogen-bond acceptors (Lipinski definition) is 4. The largest absolute Gasteiger partial charge is 0.480 e. The van der Waals surface area contributed by atoms with Crippen molar-refractivity contribution < 1.29 is 19.5 Å². The Balaban J connectivity index is 4.55. The third-order valence-corrected chi connectivity index (χ3v) is 3.07. The normalized spacial score (nSPS) is 13.8. The molecule has 0 spiro atoms. The van der Waals surface area contributed by atoms with Crippen molar-refractivity contribution in [2.45, 2.75) is 32.4 Å². The minimum absolute atomic E-state index is 0.219. The maximum atomic E-state index is 11.9. The van der Waals surface area contributed by atoms with Crippen LogP contribution in [0.5, 0.6) is 0 Å². The van der Waals surface area contributed by atoms with E-state index in [9.17, 15) is 14.4 Å². The third-order valence-electron chi connectivity index (χ3n) is 2.43. The fourth-order valence-corrected chi connectivity index (χ4v) is 1.85. The predicted molar refractivity (Wildman–Crippen MR) is 70.4 cm³/mol. The first-order chi connectivity index (χ1) is 8.43. The summed E-state index contributed by atoms with van der Waals surface area (Å²) in [6.45, 7) is 3.42. The maximum absolute atomic E-state index is 11.9. The fourth-order valence-electron chi connectivity index (χ4n) is 1.38. The number of rotatable bonds is 9. The van der Waals surface area contributed by atoms with Gasteiger partial charge in [0.15, 0.2) is 0 Å². The SMILES string of the molecule is CSCCC(NC=O)C(=O)NC(C(=O)O)C(C)C. The van der Waals surface area contributed by atoms with Crippen LogP contribution in [-0.2, 0) is 14.4 Å². The third kappa shape index (κ3) is 5.90. The van der Waals surface area contributed by atoms with Gasteiger partial charge in [0.05, 0.1) is 0 Å². The second kappa shape index (κ2) is 8.79. The molecule has 0 saturated carbocycles. The molecule has 0 radical (unpaired) electrons. The van der Waals surface area contributed by atoms with Gasteiger partial charge in [0, 0.05) is 0 Å². The first-order valence-electron chi connectivity index (χ1n) is 5.65. The van der Waals surface area contributed by atoms with Crippen LogP contribution in [0.3, 0.4) is 0 Å². The minimum atomic E-state index is -1.08. The van der Waals surface area contributed by atoms with Gasteiger partial charge in [-0.05, 0) is 24.3 Å². The van der Waals surface area contributed by atoms with Gasteiger partial charge in [0.2, 0.25) is 12.3 Å². The standard InChI is InChI=1S/C11H20N2O4S/c1-7(2)9(11(16)17)13-10(15)8(12-6-14)4-5-18-3/h6-9H,4-5H2,1-3H3,(H,12,14)(H,13,15)(H,16,17). The number of carboxylic acids is 1. The van der Waals surface area contributed by atoms with E-state index in [-0.39, 0.29) is 5.92 Å².